The van der Waals surface area contributed by atoms with Gasteiger partial charge in [-0.1, -0.05) is 42.5 Å². The molecule has 1 saturated heterocycles. The van der Waals surface area contributed by atoms with Crippen LogP contribution < -0.4 is 19.7 Å². The predicted molar refractivity (Wildman–Crippen MR) is 177 cm³/mol. The molecule has 1 fully saturated rings. The fourth-order valence-electron chi connectivity index (χ4n) is 6.84. The van der Waals surface area contributed by atoms with E-state index in [0.717, 1.165) is 75.6 Å². The van der Waals surface area contributed by atoms with E-state index >= 15 is 0 Å². The number of anilines is 1. The van der Waals surface area contributed by atoms with Gasteiger partial charge in [0, 0.05) is 51.7 Å². The molecule has 1 N–H and O–H groups in total. The lowest BCUT2D eigenvalue weighted by Gasteiger charge is -2.39. The highest BCUT2D eigenvalue weighted by Gasteiger charge is 2.43. The average Bonchev–Trinajstić information content (AvgIpc) is 3.70. The van der Waals surface area contributed by atoms with E-state index < -0.39 is 6.04 Å². The number of amidine groups is 1. The standard InChI is InChI=1S/C36H43N5O4/c1-25(26-10-5-4-6-11-26)39-20-22-40(23-21-39)30-13-7-12-28-34(30)36(43)41(35(28)42)29(14-8-18-37-33-15-9-19-38-33)27-16-17-31(44-2)32(24-27)45-3/h4-7,10-13,16-17,24-25,29H,8-9,14-15,18-23H2,1-3H3,(H,37,38)/t25?,29-/m1/s1. The first-order valence-electron chi connectivity index (χ1n) is 16.0. The maximum Gasteiger partial charge on any atom is 0.264 e. The summed E-state index contributed by atoms with van der Waals surface area (Å²) in [5.74, 6) is 1.73. The molecule has 0 aliphatic carbocycles. The van der Waals surface area contributed by atoms with Crippen LogP contribution in [0.2, 0.25) is 0 Å². The highest BCUT2D eigenvalue weighted by atomic mass is 16.5. The lowest BCUT2D eigenvalue weighted by Crippen LogP contribution is -2.47. The number of imide groups is 1. The second kappa shape index (κ2) is 13.7. The summed E-state index contributed by atoms with van der Waals surface area (Å²) in [7, 11) is 3.19. The smallest absolute Gasteiger partial charge is 0.264 e. The molecule has 2 atom stereocenters. The number of fused-ring (bicyclic) bond motifs is 1. The van der Waals surface area contributed by atoms with Crippen LogP contribution in [-0.4, -0.2) is 80.9 Å². The predicted octanol–water partition coefficient (Wildman–Crippen LogP) is 5.49. The van der Waals surface area contributed by atoms with Crippen LogP contribution in [0.15, 0.2) is 71.7 Å². The number of hydrogen-bond donors (Lipinski definition) is 1. The molecule has 9 nitrogen and oxygen atoms in total. The number of carbonyl (C=O) groups excluding carboxylic acids is 2. The molecule has 0 saturated carbocycles. The number of amides is 2. The third-order valence-corrected chi connectivity index (χ3v) is 9.37. The Bertz CT molecular complexity index is 1550. The molecule has 236 valence electrons. The van der Waals surface area contributed by atoms with E-state index in [2.05, 4.69) is 51.3 Å². The Kier molecular flexibility index (Phi) is 9.35. The van der Waals surface area contributed by atoms with Gasteiger partial charge >= 0.3 is 0 Å². The number of benzene rings is 3. The van der Waals surface area contributed by atoms with E-state index in [1.807, 2.05) is 36.4 Å². The lowest BCUT2D eigenvalue weighted by molar-refractivity contribution is 0.0572. The molecule has 3 aromatic rings. The van der Waals surface area contributed by atoms with Gasteiger partial charge in [0.05, 0.1) is 42.9 Å². The molecule has 0 bridgehead atoms. The fourth-order valence-corrected chi connectivity index (χ4v) is 6.84. The summed E-state index contributed by atoms with van der Waals surface area (Å²) < 4.78 is 11.1. The Morgan fingerprint density at radius 1 is 0.867 bits per heavy atom. The molecule has 0 radical (unpaired) electrons. The Hall–Kier alpha value is -4.37. The van der Waals surface area contributed by atoms with Gasteiger partial charge in [0.1, 0.15) is 0 Å². The maximum absolute atomic E-state index is 14.3. The zero-order valence-corrected chi connectivity index (χ0v) is 26.5. The largest absolute Gasteiger partial charge is 0.493 e. The van der Waals surface area contributed by atoms with Crippen molar-refractivity contribution in [2.24, 2.45) is 4.99 Å². The zero-order chi connectivity index (χ0) is 31.3. The Labute approximate surface area is 265 Å². The number of carbonyl (C=O) groups is 2. The van der Waals surface area contributed by atoms with Gasteiger partial charge in [-0.15, -0.1) is 0 Å². The number of piperazine rings is 1. The third-order valence-electron chi connectivity index (χ3n) is 9.37. The second-order valence-electron chi connectivity index (χ2n) is 11.9. The van der Waals surface area contributed by atoms with Crippen LogP contribution in [0.4, 0.5) is 5.69 Å². The topological polar surface area (TPSA) is 86.7 Å². The molecule has 3 heterocycles. The third kappa shape index (κ3) is 6.27. The van der Waals surface area contributed by atoms with Crippen molar-refractivity contribution in [1.82, 2.24) is 15.1 Å². The van der Waals surface area contributed by atoms with E-state index in [1.54, 1.807) is 20.3 Å². The molecule has 1 unspecified atom stereocenters. The molecule has 6 rings (SSSR count). The Morgan fingerprint density at radius 3 is 2.36 bits per heavy atom. The summed E-state index contributed by atoms with van der Waals surface area (Å²) >= 11 is 0. The van der Waals surface area contributed by atoms with Crippen LogP contribution in [0.1, 0.15) is 76.5 Å². The number of aliphatic imine (C=N–C) groups is 1. The van der Waals surface area contributed by atoms with Crippen molar-refractivity contribution >= 4 is 23.3 Å². The lowest BCUT2D eigenvalue weighted by atomic mass is 9.99. The number of nitrogens with one attached hydrogen (secondary N) is 1. The molecule has 3 aliphatic rings. The molecule has 9 heteroatoms. The molecule has 3 aliphatic heterocycles. The first kappa shape index (κ1) is 30.6. The molecule has 45 heavy (non-hydrogen) atoms. The molecule has 2 amide bonds. The van der Waals surface area contributed by atoms with Crippen molar-refractivity contribution in [2.45, 2.75) is 44.7 Å². The van der Waals surface area contributed by atoms with Crippen molar-refractivity contribution in [3.63, 3.8) is 0 Å². The highest BCUT2D eigenvalue weighted by Crippen LogP contribution is 2.40. The monoisotopic (exact) mass is 609 g/mol. The first-order chi connectivity index (χ1) is 22.0. The first-order valence-corrected chi connectivity index (χ1v) is 16.0. The van der Waals surface area contributed by atoms with E-state index in [9.17, 15) is 9.59 Å². The summed E-state index contributed by atoms with van der Waals surface area (Å²) in [6.45, 7) is 7.15. The van der Waals surface area contributed by atoms with Gasteiger partial charge in [-0.2, -0.15) is 0 Å². The molecular formula is C36H43N5O4. The van der Waals surface area contributed by atoms with E-state index in [0.29, 0.717) is 35.1 Å². The van der Waals surface area contributed by atoms with Crippen LogP contribution in [0.5, 0.6) is 11.5 Å². The Morgan fingerprint density at radius 2 is 1.64 bits per heavy atom. The highest BCUT2D eigenvalue weighted by molar-refractivity contribution is 6.24. The minimum Gasteiger partial charge on any atom is -0.493 e. The van der Waals surface area contributed by atoms with Crippen LogP contribution in [0.25, 0.3) is 0 Å². The van der Waals surface area contributed by atoms with Crippen molar-refractivity contribution in [2.75, 3.05) is 58.4 Å². The molecule has 3 aromatic carbocycles. The minimum atomic E-state index is -0.457. The number of ether oxygens (including phenoxy) is 2. The van der Waals surface area contributed by atoms with E-state index in [-0.39, 0.29) is 11.8 Å². The molecule has 0 spiro atoms. The van der Waals surface area contributed by atoms with Gasteiger partial charge in [-0.3, -0.25) is 24.4 Å². The summed E-state index contributed by atoms with van der Waals surface area (Å²) in [4.78, 5) is 39.1. The zero-order valence-electron chi connectivity index (χ0n) is 26.5. The number of methoxy groups -OCH3 is 2. The van der Waals surface area contributed by atoms with Crippen LogP contribution in [-0.2, 0) is 0 Å². The van der Waals surface area contributed by atoms with Gasteiger partial charge in [0.25, 0.3) is 11.8 Å². The molecular weight excluding hydrogens is 566 g/mol. The van der Waals surface area contributed by atoms with Gasteiger partial charge < -0.3 is 19.7 Å². The van der Waals surface area contributed by atoms with Crippen molar-refractivity contribution in [1.29, 1.82) is 0 Å². The summed E-state index contributed by atoms with van der Waals surface area (Å²) in [5.41, 5.74) is 3.96. The van der Waals surface area contributed by atoms with Crippen LogP contribution in [0, 0.1) is 0 Å². The second-order valence-corrected chi connectivity index (χ2v) is 11.9. The van der Waals surface area contributed by atoms with Crippen LogP contribution >= 0.6 is 0 Å². The van der Waals surface area contributed by atoms with Crippen molar-refractivity contribution in [3.05, 3.63) is 89.0 Å². The fraction of sp³-hybridized carbons (Fsp3) is 0.417. The normalized spacial score (nSPS) is 18.1. The summed E-state index contributed by atoms with van der Waals surface area (Å²) in [5, 5.41) is 3.44. The minimum absolute atomic E-state index is 0.237. The number of rotatable bonds is 11. The summed E-state index contributed by atoms with van der Waals surface area (Å²) in [6.07, 6.45) is 3.42. The average molecular weight is 610 g/mol. The van der Waals surface area contributed by atoms with Crippen molar-refractivity contribution in [3.8, 4) is 11.5 Å². The van der Waals surface area contributed by atoms with Gasteiger partial charge in [-0.05, 0) is 61.6 Å². The summed E-state index contributed by atoms with van der Waals surface area (Å²) in [6, 6.07) is 21.7. The van der Waals surface area contributed by atoms with E-state index in [1.165, 1.54) is 10.5 Å². The SMILES string of the molecule is COc1ccc([C@@H](CCCNC2=NCCC2)N2C(=O)c3cccc(N4CCN(C(C)c5ccccc5)CC4)c3C2=O)cc1OC. The van der Waals surface area contributed by atoms with E-state index in [4.69, 9.17) is 9.47 Å². The van der Waals surface area contributed by atoms with Gasteiger partial charge in [0.15, 0.2) is 11.5 Å². The van der Waals surface area contributed by atoms with Crippen molar-refractivity contribution < 1.29 is 19.1 Å². The number of nitrogens with zero attached hydrogens (tertiary/aromatic N) is 4. The maximum atomic E-state index is 14.3. The Balaban J connectivity index is 1.23. The number of hydrogen-bond acceptors (Lipinski definition) is 8. The molecule has 0 aromatic heterocycles. The quantitative estimate of drug-likeness (QED) is 0.227. The van der Waals surface area contributed by atoms with Gasteiger partial charge in [-0.25, -0.2) is 0 Å². The van der Waals surface area contributed by atoms with Gasteiger partial charge in [0.2, 0.25) is 0 Å². The van der Waals surface area contributed by atoms with Crippen LogP contribution in [0.3, 0.4) is 0 Å².